The third-order valence-corrected chi connectivity index (χ3v) is 4.48. The first-order valence-electron chi connectivity index (χ1n) is 8.26. The smallest absolute Gasteiger partial charge is 0.276 e. The zero-order valence-corrected chi connectivity index (χ0v) is 15.9. The van der Waals surface area contributed by atoms with Crippen LogP contribution in [-0.4, -0.2) is 11.8 Å². The largest absolute Gasteiger partial charge is 0.321 e. The number of hydrogen-bond donors (Lipinski definition) is 2. The molecule has 27 heavy (non-hydrogen) atoms. The van der Waals surface area contributed by atoms with Gasteiger partial charge in [0.25, 0.3) is 11.8 Å². The fourth-order valence-corrected chi connectivity index (χ4v) is 2.90. The summed E-state index contributed by atoms with van der Waals surface area (Å²) in [5.74, 6) is -0.748. The van der Waals surface area contributed by atoms with E-state index in [1.54, 1.807) is 42.5 Å². The third-order valence-electron chi connectivity index (χ3n) is 3.78. The van der Waals surface area contributed by atoms with Crippen molar-refractivity contribution in [3.8, 4) is 0 Å². The van der Waals surface area contributed by atoms with E-state index in [1.165, 1.54) is 0 Å². The number of amides is 2. The minimum Gasteiger partial charge on any atom is -0.321 e. The zero-order chi connectivity index (χ0) is 19.1. The molecular formula is C21H17BrN2O3. The van der Waals surface area contributed by atoms with Crippen LogP contribution in [0.2, 0.25) is 0 Å². The number of carbonyl (C=O) groups excluding carboxylic acids is 2. The van der Waals surface area contributed by atoms with Gasteiger partial charge in [0.1, 0.15) is 0 Å². The van der Waals surface area contributed by atoms with Crippen LogP contribution in [0.25, 0.3) is 0 Å². The maximum Gasteiger partial charge on any atom is 0.276 e. The Morgan fingerprint density at radius 3 is 2.15 bits per heavy atom. The summed E-state index contributed by atoms with van der Waals surface area (Å²) in [6.45, 7) is 0.248. The van der Waals surface area contributed by atoms with Crippen molar-refractivity contribution in [2.45, 2.75) is 6.61 Å². The molecule has 0 aliphatic rings. The number of carbonyl (C=O) groups is 2. The Hall–Kier alpha value is -2.96. The lowest BCUT2D eigenvalue weighted by Gasteiger charge is -2.12. The van der Waals surface area contributed by atoms with Gasteiger partial charge in [0.05, 0.1) is 23.4 Å². The molecule has 2 N–H and O–H groups in total. The van der Waals surface area contributed by atoms with Gasteiger partial charge in [0.15, 0.2) is 0 Å². The lowest BCUT2D eigenvalue weighted by Crippen LogP contribution is -2.25. The first kappa shape index (κ1) is 18.8. The van der Waals surface area contributed by atoms with E-state index < -0.39 is 5.91 Å². The average molecular weight is 425 g/mol. The first-order valence-corrected chi connectivity index (χ1v) is 9.05. The Morgan fingerprint density at radius 2 is 1.41 bits per heavy atom. The van der Waals surface area contributed by atoms with Gasteiger partial charge in [-0.3, -0.25) is 14.4 Å². The van der Waals surface area contributed by atoms with E-state index in [-0.39, 0.29) is 12.5 Å². The number of benzene rings is 3. The highest BCUT2D eigenvalue weighted by Gasteiger charge is 2.15. The topological polar surface area (TPSA) is 67.4 Å². The van der Waals surface area contributed by atoms with E-state index in [4.69, 9.17) is 4.84 Å². The summed E-state index contributed by atoms with van der Waals surface area (Å²) >= 11 is 3.35. The summed E-state index contributed by atoms with van der Waals surface area (Å²) < 4.78 is 0.677. The van der Waals surface area contributed by atoms with Crippen molar-refractivity contribution in [1.29, 1.82) is 0 Å². The predicted molar refractivity (Wildman–Crippen MR) is 107 cm³/mol. The summed E-state index contributed by atoms with van der Waals surface area (Å²) in [6.07, 6.45) is 0. The van der Waals surface area contributed by atoms with Crippen LogP contribution in [0.3, 0.4) is 0 Å². The molecule has 0 atom stereocenters. The van der Waals surface area contributed by atoms with Gasteiger partial charge in [-0.25, -0.2) is 5.48 Å². The van der Waals surface area contributed by atoms with Crippen molar-refractivity contribution < 1.29 is 14.4 Å². The maximum atomic E-state index is 12.5. The normalized spacial score (nSPS) is 10.3. The number of hydrogen-bond acceptors (Lipinski definition) is 3. The highest BCUT2D eigenvalue weighted by atomic mass is 79.9. The lowest BCUT2D eigenvalue weighted by atomic mass is 10.1. The number of anilines is 1. The number of hydroxylamine groups is 1. The van der Waals surface area contributed by atoms with Crippen LogP contribution in [0.4, 0.5) is 5.69 Å². The molecule has 2 amide bonds. The number of nitrogens with one attached hydrogen (secondary N) is 2. The summed E-state index contributed by atoms with van der Waals surface area (Å²) in [6, 6.07) is 23.3. The second-order valence-corrected chi connectivity index (χ2v) is 6.54. The summed E-state index contributed by atoms with van der Waals surface area (Å²) in [4.78, 5) is 30.2. The standard InChI is InChI=1S/C21H17BrN2O3/c22-18-12-6-4-10-16(18)20(25)23-19-13-7-5-11-17(19)21(26)24-27-14-15-8-2-1-3-9-15/h1-13H,14H2,(H,23,25)(H,24,26). The van der Waals surface area contributed by atoms with Crippen LogP contribution in [0.1, 0.15) is 26.3 Å². The molecule has 5 nitrogen and oxygen atoms in total. The van der Waals surface area contributed by atoms with E-state index in [1.807, 2.05) is 36.4 Å². The molecular weight excluding hydrogens is 408 g/mol. The lowest BCUT2D eigenvalue weighted by molar-refractivity contribution is 0.0234. The summed E-state index contributed by atoms with van der Waals surface area (Å²) in [5, 5.41) is 2.77. The number of halogens is 1. The van der Waals surface area contributed by atoms with Gasteiger partial charge in [-0.15, -0.1) is 0 Å². The van der Waals surface area contributed by atoms with Gasteiger partial charge < -0.3 is 5.32 Å². The van der Waals surface area contributed by atoms with E-state index in [9.17, 15) is 9.59 Å². The second-order valence-electron chi connectivity index (χ2n) is 5.69. The van der Waals surface area contributed by atoms with Gasteiger partial charge in [-0.05, 0) is 45.8 Å². The Morgan fingerprint density at radius 1 is 0.778 bits per heavy atom. The summed E-state index contributed by atoms with van der Waals surface area (Å²) in [7, 11) is 0. The molecule has 0 spiro atoms. The number of rotatable bonds is 6. The molecule has 6 heteroatoms. The van der Waals surface area contributed by atoms with Crippen molar-refractivity contribution in [3.63, 3.8) is 0 Å². The molecule has 0 radical (unpaired) electrons. The molecule has 0 fully saturated rings. The minimum absolute atomic E-state index is 0.248. The van der Waals surface area contributed by atoms with Crippen molar-refractivity contribution in [2.75, 3.05) is 5.32 Å². The maximum absolute atomic E-state index is 12.5. The van der Waals surface area contributed by atoms with E-state index in [0.29, 0.717) is 21.3 Å². The molecule has 0 aromatic heterocycles. The molecule has 0 saturated carbocycles. The Labute approximate surface area is 165 Å². The van der Waals surface area contributed by atoms with Gasteiger partial charge in [-0.2, -0.15) is 0 Å². The van der Waals surface area contributed by atoms with Crippen molar-refractivity contribution in [1.82, 2.24) is 5.48 Å². The van der Waals surface area contributed by atoms with Gasteiger partial charge in [0.2, 0.25) is 0 Å². The quantitative estimate of drug-likeness (QED) is 0.569. The van der Waals surface area contributed by atoms with Crippen LogP contribution >= 0.6 is 15.9 Å². The first-order chi connectivity index (χ1) is 13.1. The molecule has 0 aliphatic carbocycles. The molecule has 3 aromatic rings. The van der Waals surface area contributed by atoms with Crippen LogP contribution in [0.5, 0.6) is 0 Å². The predicted octanol–water partition coefficient (Wildman–Crippen LogP) is 4.56. The Bertz CT molecular complexity index is 945. The fraction of sp³-hybridized carbons (Fsp3) is 0.0476. The van der Waals surface area contributed by atoms with Gasteiger partial charge in [-0.1, -0.05) is 54.6 Å². The zero-order valence-electron chi connectivity index (χ0n) is 14.3. The van der Waals surface area contributed by atoms with E-state index in [2.05, 4.69) is 26.7 Å². The molecule has 3 rings (SSSR count). The monoisotopic (exact) mass is 424 g/mol. The Balaban J connectivity index is 1.67. The fourth-order valence-electron chi connectivity index (χ4n) is 2.44. The van der Waals surface area contributed by atoms with Crippen molar-refractivity contribution >= 4 is 33.4 Å². The van der Waals surface area contributed by atoms with Crippen LogP contribution in [0.15, 0.2) is 83.3 Å². The SMILES string of the molecule is O=C(Nc1ccccc1C(=O)NOCc1ccccc1)c1ccccc1Br. The van der Waals surface area contributed by atoms with Crippen LogP contribution in [0, 0.1) is 0 Å². The van der Waals surface area contributed by atoms with Crippen LogP contribution < -0.4 is 10.8 Å². The highest BCUT2D eigenvalue weighted by molar-refractivity contribution is 9.10. The van der Waals surface area contributed by atoms with Crippen LogP contribution in [-0.2, 0) is 11.4 Å². The van der Waals surface area contributed by atoms with E-state index in [0.717, 1.165) is 5.56 Å². The van der Waals surface area contributed by atoms with E-state index >= 15 is 0 Å². The van der Waals surface area contributed by atoms with Gasteiger partial charge >= 0.3 is 0 Å². The molecule has 0 saturated heterocycles. The van der Waals surface area contributed by atoms with Crippen molar-refractivity contribution in [2.24, 2.45) is 0 Å². The summed E-state index contributed by atoms with van der Waals surface area (Å²) in [5.41, 5.74) is 4.54. The molecule has 0 bridgehead atoms. The molecule has 0 aliphatic heterocycles. The number of para-hydroxylation sites is 1. The molecule has 0 unspecified atom stereocenters. The Kier molecular flexibility index (Phi) is 6.35. The highest BCUT2D eigenvalue weighted by Crippen LogP contribution is 2.20. The van der Waals surface area contributed by atoms with Gasteiger partial charge in [0, 0.05) is 4.47 Å². The van der Waals surface area contributed by atoms with Crippen molar-refractivity contribution in [3.05, 3.63) is 100 Å². The minimum atomic E-state index is -0.436. The average Bonchev–Trinajstić information content (AvgIpc) is 2.69. The molecule has 0 heterocycles. The second kappa shape index (κ2) is 9.12. The third kappa shape index (κ3) is 5.03. The molecule has 3 aromatic carbocycles. The molecule has 136 valence electrons.